The zero-order valence-corrected chi connectivity index (χ0v) is 14.5. The van der Waals surface area contributed by atoms with Crippen LogP contribution in [0.25, 0.3) is 0 Å². The number of rotatable bonds is 3. The van der Waals surface area contributed by atoms with Gasteiger partial charge in [0.05, 0.1) is 5.92 Å². The highest BCUT2D eigenvalue weighted by molar-refractivity contribution is 5.94. The minimum Gasteiger partial charge on any atom is -0.340 e. The molecule has 0 radical (unpaired) electrons. The topological polar surface area (TPSA) is 58.1 Å². The van der Waals surface area contributed by atoms with Crippen LogP contribution in [0.5, 0.6) is 0 Å². The van der Waals surface area contributed by atoms with Crippen molar-refractivity contribution in [3.63, 3.8) is 0 Å². The third-order valence-corrected chi connectivity index (χ3v) is 4.59. The second kappa shape index (κ2) is 6.99. The molecule has 24 heavy (non-hydrogen) atoms. The molecule has 2 heterocycles. The summed E-state index contributed by atoms with van der Waals surface area (Å²) in [7, 11) is 0. The van der Waals surface area contributed by atoms with Crippen LogP contribution in [0, 0.1) is 26.7 Å². The Morgan fingerprint density at radius 1 is 1.21 bits per heavy atom. The SMILES string of the molecule is Cc1ccnc(N2CCCC(C(=O)Nc3c(C)cccc3C)C2)n1. The number of benzene rings is 1. The van der Waals surface area contributed by atoms with Crippen molar-refractivity contribution < 1.29 is 4.79 Å². The Morgan fingerprint density at radius 3 is 2.67 bits per heavy atom. The van der Waals surface area contributed by atoms with Crippen LogP contribution in [0.4, 0.5) is 11.6 Å². The molecule has 5 heteroatoms. The summed E-state index contributed by atoms with van der Waals surface area (Å²) in [5, 5.41) is 3.13. The first-order chi connectivity index (χ1) is 11.5. The van der Waals surface area contributed by atoms with Gasteiger partial charge in [-0.2, -0.15) is 0 Å². The number of aryl methyl sites for hydroxylation is 3. The Morgan fingerprint density at radius 2 is 1.96 bits per heavy atom. The molecular formula is C19H24N4O. The van der Waals surface area contributed by atoms with Crippen LogP contribution in [-0.4, -0.2) is 29.0 Å². The molecule has 3 rings (SSSR count). The smallest absolute Gasteiger partial charge is 0.229 e. The second-order valence-electron chi connectivity index (χ2n) is 6.54. The normalized spacial score (nSPS) is 17.6. The number of aromatic nitrogens is 2. The number of carbonyl (C=O) groups is 1. The van der Waals surface area contributed by atoms with Crippen LogP contribution in [0.3, 0.4) is 0 Å². The van der Waals surface area contributed by atoms with Crippen molar-refractivity contribution >= 4 is 17.5 Å². The first kappa shape index (κ1) is 16.4. The number of nitrogens with zero attached hydrogens (tertiary/aromatic N) is 3. The maximum atomic E-state index is 12.7. The van der Waals surface area contributed by atoms with E-state index in [-0.39, 0.29) is 11.8 Å². The highest BCUT2D eigenvalue weighted by Gasteiger charge is 2.27. The van der Waals surface area contributed by atoms with Crippen LogP contribution in [-0.2, 0) is 4.79 Å². The van der Waals surface area contributed by atoms with Gasteiger partial charge in [-0.15, -0.1) is 0 Å². The number of hydrogen-bond donors (Lipinski definition) is 1. The lowest BCUT2D eigenvalue weighted by Crippen LogP contribution is -2.41. The molecular weight excluding hydrogens is 300 g/mol. The first-order valence-corrected chi connectivity index (χ1v) is 8.46. The molecule has 126 valence electrons. The van der Waals surface area contributed by atoms with Crippen molar-refractivity contribution in [2.24, 2.45) is 5.92 Å². The summed E-state index contributed by atoms with van der Waals surface area (Å²) < 4.78 is 0. The van der Waals surface area contributed by atoms with E-state index in [1.54, 1.807) is 6.20 Å². The highest BCUT2D eigenvalue weighted by Crippen LogP contribution is 2.24. The van der Waals surface area contributed by atoms with Gasteiger partial charge in [0.1, 0.15) is 0 Å². The molecule has 5 nitrogen and oxygen atoms in total. The minimum atomic E-state index is -0.0399. The van der Waals surface area contributed by atoms with Gasteiger partial charge in [0, 0.05) is 30.7 Å². The Hall–Kier alpha value is -2.43. The van der Waals surface area contributed by atoms with Crippen molar-refractivity contribution in [1.29, 1.82) is 0 Å². The van der Waals surface area contributed by atoms with Crippen molar-refractivity contribution in [3.05, 3.63) is 47.3 Å². The van der Waals surface area contributed by atoms with Gasteiger partial charge in [-0.25, -0.2) is 9.97 Å². The minimum absolute atomic E-state index is 0.0399. The molecule has 1 aromatic heterocycles. The Labute approximate surface area is 143 Å². The van der Waals surface area contributed by atoms with E-state index in [0.717, 1.165) is 47.8 Å². The lowest BCUT2D eigenvalue weighted by atomic mass is 9.97. The van der Waals surface area contributed by atoms with Crippen LogP contribution < -0.4 is 10.2 Å². The van der Waals surface area contributed by atoms with Gasteiger partial charge in [-0.1, -0.05) is 18.2 Å². The average molecular weight is 324 g/mol. The van der Waals surface area contributed by atoms with E-state index in [1.165, 1.54) is 0 Å². The number of carbonyl (C=O) groups excluding carboxylic acids is 1. The fourth-order valence-corrected chi connectivity index (χ4v) is 3.20. The number of nitrogens with one attached hydrogen (secondary N) is 1. The molecule has 0 spiro atoms. The van der Waals surface area contributed by atoms with Crippen LogP contribution in [0.15, 0.2) is 30.5 Å². The first-order valence-electron chi connectivity index (χ1n) is 8.46. The number of anilines is 2. The molecule has 0 bridgehead atoms. The molecule has 1 aliphatic rings. The molecule has 2 aromatic rings. The van der Waals surface area contributed by atoms with Gasteiger partial charge >= 0.3 is 0 Å². The van der Waals surface area contributed by atoms with Crippen molar-refractivity contribution in [2.75, 3.05) is 23.3 Å². The summed E-state index contributed by atoms with van der Waals surface area (Å²) in [6.07, 6.45) is 3.65. The third kappa shape index (κ3) is 3.55. The van der Waals surface area contributed by atoms with Crippen molar-refractivity contribution in [2.45, 2.75) is 33.6 Å². The fourth-order valence-electron chi connectivity index (χ4n) is 3.20. The van der Waals surface area contributed by atoms with Gasteiger partial charge in [-0.3, -0.25) is 4.79 Å². The molecule has 1 N–H and O–H groups in total. The van der Waals surface area contributed by atoms with Crippen LogP contribution in [0.2, 0.25) is 0 Å². The molecule has 1 saturated heterocycles. The van der Waals surface area contributed by atoms with Gasteiger partial charge < -0.3 is 10.2 Å². The van der Waals surface area contributed by atoms with Crippen LogP contribution in [0.1, 0.15) is 29.7 Å². The summed E-state index contributed by atoms with van der Waals surface area (Å²) in [6, 6.07) is 7.95. The lowest BCUT2D eigenvalue weighted by molar-refractivity contribution is -0.120. The zero-order chi connectivity index (χ0) is 17.1. The predicted octanol–water partition coefficient (Wildman–Crippen LogP) is 3.26. The van der Waals surface area contributed by atoms with E-state index >= 15 is 0 Å². The largest absolute Gasteiger partial charge is 0.340 e. The van der Waals surface area contributed by atoms with Gasteiger partial charge in [-0.05, 0) is 50.8 Å². The summed E-state index contributed by atoms with van der Waals surface area (Å²) in [4.78, 5) is 23.7. The zero-order valence-electron chi connectivity index (χ0n) is 14.5. The maximum absolute atomic E-state index is 12.7. The Bertz CT molecular complexity index is 724. The van der Waals surface area contributed by atoms with E-state index in [9.17, 15) is 4.79 Å². The molecule has 1 unspecified atom stereocenters. The van der Waals surface area contributed by atoms with E-state index in [4.69, 9.17) is 0 Å². The van der Waals surface area contributed by atoms with Gasteiger partial charge in [0.2, 0.25) is 11.9 Å². The summed E-state index contributed by atoms with van der Waals surface area (Å²) in [5.74, 6) is 0.770. The number of amides is 1. The van der Waals surface area contributed by atoms with Gasteiger partial charge in [0.15, 0.2) is 0 Å². The third-order valence-electron chi connectivity index (χ3n) is 4.59. The van der Waals surface area contributed by atoms with E-state index in [2.05, 4.69) is 20.2 Å². The second-order valence-corrected chi connectivity index (χ2v) is 6.54. The van der Waals surface area contributed by atoms with Crippen LogP contribution >= 0.6 is 0 Å². The quantitative estimate of drug-likeness (QED) is 0.941. The van der Waals surface area contributed by atoms with E-state index in [0.29, 0.717) is 6.54 Å². The van der Waals surface area contributed by atoms with Crippen molar-refractivity contribution in [3.8, 4) is 0 Å². The number of para-hydroxylation sites is 1. The predicted molar refractivity (Wildman–Crippen MR) is 96.3 cm³/mol. The van der Waals surface area contributed by atoms with Crippen molar-refractivity contribution in [1.82, 2.24) is 9.97 Å². The molecule has 0 saturated carbocycles. The molecule has 1 amide bonds. The van der Waals surface area contributed by atoms with Gasteiger partial charge in [0.25, 0.3) is 0 Å². The highest BCUT2D eigenvalue weighted by atomic mass is 16.1. The molecule has 1 aromatic carbocycles. The molecule has 1 fully saturated rings. The standard InChI is InChI=1S/C19H24N4O/c1-13-6-4-7-14(2)17(13)22-18(24)16-8-5-11-23(12-16)19-20-10-9-15(3)21-19/h4,6-7,9-10,16H,5,8,11-12H2,1-3H3,(H,22,24). The van der Waals surface area contributed by atoms with E-state index in [1.807, 2.05) is 45.0 Å². The molecule has 1 aliphatic heterocycles. The molecule has 0 aliphatic carbocycles. The summed E-state index contributed by atoms with van der Waals surface area (Å²) in [6.45, 7) is 7.57. The Kier molecular flexibility index (Phi) is 4.79. The maximum Gasteiger partial charge on any atom is 0.229 e. The fraction of sp³-hybridized carbons (Fsp3) is 0.421. The number of piperidine rings is 1. The number of hydrogen-bond acceptors (Lipinski definition) is 4. The average Bonchev–Trinajstić information content (AvgIpc) is 2.58. The monoisotopic (exact) mass is 324 g/mol. The van der Waals surface area contributed by atoms with E-state index < -0.39 is 0 Å². The summed E-state index contributed by atoms with van der Waals surface area (Å²) in [5.41, 5.74) is 4.07. The Balaban J connectivity index is 1.71. The lowest BCUT2D eigenvalue weighted by Gasteiger charge is -2.32. The molecule has 1 atom stereocenters. The summed E-state index contributed by atoms with van der Waals surface area (Å²) >= 11 is 0.